The molecule has 0 aliphatic carbocycles. The molecule has 0 aliphatic heterocycles. The van der Waals surface area contributed by atoms with E-state index in [4.69, 9.17) is 0 Å². The van der Waals surface area contributed by atoms with Crippen LogP contribution in [0.5, 0.6) is 0 Å². The minimum absolute atomic E-state index is 0.0726. The molecule has 0 saturated heterocycles. The van der Waals surface area contributed by atoms with E-state index in [1.54, 1.807) is 70.2 Å². The Morgan fingerprint density at radius 1 is 1.10 bits per heavy atom. The van der Waals surface area contributed by atoms with Crippen LogP contribution in [0.3, 0.4) is 0 Å². The molecule has 0 aliphatic rings. The summed E-state index contributed by atoms with van der Waals surface area (Å²) in [6.07, 6.45) is 0. The van der Waals surface area contributed by atoms with Gasteiger partial charge in [0.1, 0.15) is 0 Å². The number of fused-ring (bicyclic) bond motifs is 1. The van der Waals surface area contributed by atoms with Crippen LogP contribution in [0.2, 0.25) is 0 Å². The molecule has 2 aromatic carbocycles. The number of pyridine rings is 1. The highest BCUT2D eigenvalue weighted by Gasteiger charge is 2.24. The van der Waals surface area contributed by atoms with Gasteiger partial charge in [-0.25, -0.2) is 18.1 Å². The first-order valence-corrected chi connectivity index (χ1v) is 10.9. The molecule has 0 saturated carbocycles. The van der Waals surface area contributed by atoms with Gasteiger partial charge in [0.15, 0.2) is 5.52 Å². The highest BCUT2D eigenvalue weighted by atomic mass is 32.2. The zero-order chi connectivity index (χ0) is 22.1. The largest absolute Gasteiger partial charge is 0.380 e. The average Bonchev–Trinajstić information content (AvgIpc) is 2.63. The third-order valence-corrected chi connectivity index (χ3v) is 6.17. The van der Waals surface area contributed by atoms with E-state index < -0.39 is 20.5 Å². The molecule has 0 unspecified atom stereocenters. The fourth-order valence-electron chi connectivity index (χ4n) is 3.22. The number of anilines is 1. The number of hydrogen-bond acceptors (Lipinski definition) is 6. The van der Waals surface area contributed by atoms with Gasteiger partial charge in [0.05, 0.1) is 9.82 Å². The van der Waals surface area contributed by atoms with Gasteiger partial charge in [0.2, 0.25) is 10.0 Å². The Labute approximate surface area is 175 Å². The lowest BCUT2D eigenvalue weighted by Crippen LogP contribution is -2.40. The van der Waals surface area contributed by atoms with Crippen LogP contribution in [0.1, 0.15) is 32.0 Å². The van der Waals surface area contributed by atoms with Crippen molar-refractivity contribution in [3.8, 4) is 0 Å². The number of nitro groups is 1. The Bertz CT molecular complexity index is 1220. The molecule has 30 heavy (non-hydrogen) atoms. The van der Waals surface area contributed by atoms with Gasteiger partial charge in [0.25, 0.3) is 5.69 Å². The molecule has 2 N–H and O–H groups in total. The molecule has 9 heteroatoms. The van der Waals surface area contributed by atoms with Crippen molar-refractivity contribution in [2.24, 2.45) is 0 Å². The average molecular weight is 429 g/mol. The van der Waals surface area contributed by atoms with Gasteiger partial charge in [0, 0.05) is 34.9 Å². The number of nitro benzene ring substituents is 1. The summed E-state index contributed by atoms with van der Waals surface area (Å²) in [5.41, 5.74) is 1.46. The Balaban J connectivity index is 1.99. The number of hydrogen-bond donors (Lipinski definition) is 2. The summed E-state index contributed by atoms with van der Waals surface area (Å²) in [4.78, 5) is 15.4. The first-order chi connectivity index (χ1) is 14.0. The maximum atomic E-state index is 12.8. The van der Waals surface area contributed by atoms with Gasteiger partial charge in [-0.05, 0) is 45.4 Å². The number of aromatic nitrogens is 1. The van der Waals surface area contributed by atoms with Crippen LogP contribution in [0, 0.1) is 17.0 Å². The molecular weight excluding hydrogens is 404 g/mol. The number of nitrogens with zero attached hydrogens (tertiary/aromatic N) is 2. The second-order valence-electron chi connectivity index (χ2n) is 8.06. The minimum Gasteiger partial charge on any atom is -0.380 e. The van der Waals surface area contributed by atoms with Gasteiger partial charge >= 0.3 is 0 Å². The molecule has 0 bridgehead atoms. The lowest BCUT2D eigenvalue weighted by molar-refractivity contribution is -0.383. The number of non-ortho nitro benzene ring substituents is 1. The van der Waals surface area contributed by atoms with E-state index in [1.165, 1.54) is 6.07 Å². The van der Waals surface area contributed by atoms with E-state index in [0.29, 0.717) is 27.8 Å². The third kappa shape index (κ3) is 4.74. The minimum atomic E-state index is -3.71. The predicted octanol–water partition coefficient (Wildman–Crippen LogP) is 4.14. The summed E-state index contributed by atoms with van der Waals surface area (Å²) < 4.78 is 28.4. The standard InChI is InChI=1S/C21H24N4O4S/c1-14-12-17(16-9-7-10-18(25(26)27)20(16)23-14)22-13-15-8-5-6-11-19(15)30(28,29)24-21(2,3)4/h5-12,24H,13H2,1-4H3,(H,22,23). The van der Waals surface area contributed by atoms with Crippen molar-refractivity contribution in [2.45, 2.75) is 44.7 Å². The summed E-state index contributed by atoms with van der Waals surface area (Å²) in [5.74, 6) is 0. The summed E-state index contributed by atoms with van der Waals surface area (Å²) in [6, 6.07) is 13.3. The molecule has 0 amide bonds. The zero-order valence-corrected chi connectivity index (χ0v) is 18.1. The van der Waals surface area contributed by atoms with E-state index in [-0.39, 0.29) is 17.1 Å². The van der Waals surface area contributed by atoms with E-state index in [2.05, 4.69) is 15.0 Å². The van der Waals surface area contributed by atoms with Crippen molar-refractivity contribution in [3.63, 3.8) is 0 Å². The maximum absolute atomic E-state index is 12.8. The van der Waals surface area contributed by atoms with Crippen molar-refractivity contribution in [1.82, 2.24) is 9.71 Å². The Morgan fingerprint density at radius 2 is 1.80 bits per heavy atom. The normalized spacial score (nSPS) is 12.1. The quantitative estimate of drug-likeness (QED) is 0.450. The van der Waals surface area contributed by atoms with E-state index in [1.807, 2.05) is 0 Å². The zero-order valence-electron chi connectivity index (χ0n) is 17.3. The second-order valence-corrected chi connectivity index (χ2v) is 9.71. The number of aryl methyl sites for hydroxylation is 1. The van der Waals surface area contributed by atoms with Crippen molar-refractivity contribution >= 4 is 32.3 Å². The topological polar surface area (TPSA) is 114 Å². The number of para-hydroxylation sites is 1. The molecule has 3 aromatic rings. The molecule has 1 heterocycles. The van der Waals surface area contributed by atoms with Crippen LogP contribution in [-0.4, -0.2) is 23.9 Å². The first kappa shape index (κ1) is 21.7. The van der Waals surface area contributed by atoms with Gasteiger partial charge in [-0.1, -0.05) is 30.3 Å². The fraction of sp³-hybridized carbons (Fsp3) is 0.286. The molecule has 0 spiro atoms. The number of rotatable bonds is 6. The van der Waals surface area contributed by atoms with Crippen LogP contribution in [-0.2, 0) is 16.6 Å². The second kappa shape index (κ2) is 8.00. The highest BCUT2D eigenvalue weighted by Crippen LogP contribution is 2.30. The van der Waals surface area contributed by atoms with Gasteiger partial charge in [-0.3, -0.25) is 10.1 Å². The smallest absolute Gasteiger partial charge is 0.295 e. The van der Waals surface area contributed by atoms with Crippen LogP contribution in [0.25, 0.3) is 10.9 Å². The van der Waals surface area contributed by atoms with Crippen molar-refractivity contribution < 1.29 is 13.3 Å². The Hall–Kier alpha value is -3.04. The fourth-order valence-corrected chi connectivity index (χ4v) is 4.87. The lowest BCUT2D eigenvalue weighted by Gasteiger charge is -2.22. The summed E-state index contributed by atoms with van der Waals surface area (Å²) >= 11 is 0. The predicted molar refractivity (Wildman–Crippen MR) is 117 cm³/mol. The van der Waals surface area contributed by atoms with Gasteiger partial charge in [-0.2, -0.15) is 0 Å². The van der Waals surface area contributed by atoms with E-state index in [9.17, 15) is 18.5 Å². The van der Waals surface area contributed by atoms with Crippen molar-refractivity contribution in [1.29, 1.82) is 0 Å². The summed E-state index contributed by atoms with van der Waals surface area (Å²) in [7, 11) is -3.71. The van der Waals surface area contributed by atoms with Crippen LogP contribution >= 0.6 is 0 Å². The van der Waals surface area contributed by atoms with Crippen LogP contribution in [0.4, 0.5) is 11.4 Å². The van der Waals surface area contributed by atoms with Crippen molar-refractivity contribution in [2.75, 3.05) is 5.32 Å². The first-order valence-electron chi connectivity index (χ1n) is 9.38. The third-order valence-electron chi connectivity index (χ3n) is 4.31. The summed E-state index contributed by atoms with van der Waals surface area (Å²) in [5, 5.41) is 15.2. The Morgan fingerprint density at radius 3 is 2.47 bits per heavy atom. The molecule has 1 aromatic heterocycles. The molecular formula is C21H24N4O4S. The van der Waals surface area contributed by atoms with E-state index in [0.717, 1.165) is 0 Å². The molecule has 3 rings (SSSR count). The number of sulfonamides is 1. The molecule has 0 atom stereocenters. The highest BCUT2D eigenvalue weighted by molar-refractivity contribution is 7.89. The molecule has 0 fully saturated rings. The lowest BCUT2D eigenvalue weighted by atomic mass is 10.1. The van der Waals surface area contributed by atoms with Crippen molar-refractivity contribution in [3.05, 3.63) is 69.9 Å². The molecule has 158 valence electrons. The molecule has 0 radical (unpaired) electrons. The maximum Gasteiger partial charge on any atom is 0.295 e. The van der Waals surface area contributed by atoms with Gasteiger partial charge < -0.3 is 5.32 Å². The van der Waals surface area contributed by atoms with Crippen LogP contribution in [0.15, 0.2) is 53.4 Å². The van der Waals surface area contributed by atoms with Crippen LogP contribution < -0.4 is 10.0 Å². The van der Waals surface area contributed by atoms with E-state index >= 15 is 0 Å². The Kier molecular flexibility index (Phi) is 5.78. The monoisotopic (exact) mass is 428 g/mol. The van der Waals surface area contributed by atoms with Gasteiger partial charge in [-0.15, -0.1) is 0 Å². The SMILES string of the molecule is Cc1cc(NCc2ccccc2S(=O)(=O)NC(C)(C)C)c2cccc([N+](=O)[O-])c2n1. The number of nitrogens with one attached hydrogen (secondary N) is 2. The summed E-state index contributed by atoms with van der Waals surface area (Å²) in [6.45, 7) is 7.33. The molecule has 8 nitrogen and oxygen atoms in total. The number of benzene rings is 2.